The Kier molecular flexibility index (Phi) is 6.76. The molecule has 0 aliphatic rings. The van der Waals surface area contributed by atoms with Crippen molar-refractivity contribution in [3.05, 3.63) is 217 Å². The first-order valence-corrected chi connectivity index (χ1v) is 22.3. The Hall–Kier alpha value is -7.13. The second-order valence-corrected chi connectivity index (χ2v) is 17.4. The second-order valence-electron chi connectivity index (χ2n) is 17.4. The van der Waals surface area contributed by atoms with Gasteiger partial charge in [0.15, 0.2) is 0 Å². The average Bonchev–Trinajstić information content (AvgIpc) is 0.842. The van der Waals surface area contributed by atoms with Crippen LogP contribution in [0.5, 0.6) is 5.75 Å². The van der Waals surface area contributed by atoms with Gasteiger partial charge in [0.1, 0.15) is 11.6 Å². The third-order valence-electron chi connectivity index (χ3n) is 12.3. The van der Waals surface area contributed by atoms with Crippen LogP contribution < -0.4 is 0 Å². The molecule has 2 heterocycles. The summed E-state index contributed by atoms with van der Waals surface area (Å²) in [6.45, 7) is -39.5. The van der Waals surface area contributed by atoms with E-state index < -0.39 is 124 Å². The smallest absolute Gasteiger partial charge is 0.148 e. The normalized spacial score (nSPS) is 19.9. The predicted molar refractivity (Wildman–Crippen MR) is 298 cm³/mol. The molecule has 0 aliphatic heterocycles. The van der Waals surface area contributed by atoms with Gasteiger partial charge in [0.2, 0.25) is 0 Å². The summed E-state index contributed by atoms with van der Waals surface area (Å²) < 4.78 is 264. The van der Waals surface area contributed by atoms with Crippen molar-refractivity contribution in [3.63, 3.8) is 0 Å². The van der Waals surface area contributed by atoms with E-state index in [2.05, 4.69) is 6.07 Å². The molecule has 0 bridgehead atoms. The van der Waals surface area contributed by atoms with Crippen LogP contribution in [0.3, 0.4) is 0 Å². The van der Waals surface area contributed by atoms with Crippen molar-refractivity contribution in [3.8, 4) is 89.7 Å². The number of nitrogens with zero attached hydrogens (tertiary/aromatic N) is 3. The number of hydrogen-bond acceptors (Lipinski definition) is 3. The number of phenols is 1. The third-order valence-corrected chi connectivity index (χ3v) is 12.3. The first-order chi connectivity index (χ1) is 46.4. The summed E-state index contributed by atoms with van der Waals surface area (Å²) >= 11 is 0. The van der Waals surface area contributed by atoms with Gasteiger partial charge in [-0.3, -0.25) is 9.55 Å². The summed E-state index contributed by atoms with van der Waals surface area (Å²) in [6.07, 6.45) is 1.39. The molecule has 0 fully saturated rings. The molecule has 0 unspecified atom stereocenters. The van der Waals surface area contributed by atoms with Crippen LogP contribution in [0.4, 0.5) is 0 Å². The molecule has 8 aromatic carbocycles. The molecule has 0 atom stereocenters. The maximum absolute atomic E-state index is 13.1. The largest absolute Gasteiger partial charge is 0.507 e. The number of aromatic nitrogens is 3. The number of aryl methyl sites for hydroxylation is 1. The van der Waals surface area contributed by atoms with E-state index in [4.69, 9.17) is 51.1 Å². The van der Waals surface area contributed by atoms with Crippen molar-refractivity contribution < 1.29 is 67.3 Å². The number of aromatic hydroxyl groups is 1. The minimum Gasteiger partial charge on any atom is -0.507 e. The van der Waals surface area contributed by atoms with Gasteiger partial charge in [0.25, 0.3) is 0 Å². The number of fused-ring (bicyclic) bond motifs is 1. The van der Waals surface area contributed by atoms with Gasteiger partial charge < -0.3 is 5.11 Å². The van der Waals surface area contributed by atoms with E-state index in [1.54, 1.807) is 115 Å². The van der Waals surface area contributed by atoms with Crippen LogP contribution in [0.15, 0.2) is 188 Å². The fraction of sp³-hybridized carbons (Fsp3) is 0.194. The zero-order valence-electron chi connectivity index (χ0n) is 68.0. The second kappa shape index (κ2) is 19.5. The molecule has 0 saturated carbocycles. The summed E-state index contributed by atoms with van der Waals surface area (Å²) in [5, 5.41) is 13.1. The fourth-order valence-electron chi connectivity index (χ4n) is 8.81. The number of para-hydroxylation sites is 1. The molecule has 0 amide bonds. The average molecular weight is 1150 g/mol. The van der Waals surface area contributed by atoms with Crippen LogP contribution in [-0.2, 0) is 37.3 Å². The minimum atomic E-state index is -4.33. The van der Waals surface area contributed by atoms with E-state index in [0.29, 0.717) is 33.9 Å². The molecular weight excluding hydrogens is 1060 g/mol. The SMILES string of the molecule is [2H]C([2H])([2H])c1cc(-c2ccccc2)ccc1-n1c(-c2cc(C(C([2H])([2H])[2H])(C([2H])([2H])[2H])C([2H])([2H])[2H])cc(C(C([2H])([2H])[2H])(C([2H])([2H])[2H])C([2H])([2H])[2H])c2O)nc2c(-c3[c-]c(-c4cc(-c5cc(-c6ccccc6)cc(C(C([2H])([2H])[2H])(C([2H])([2H])[2H])C([2H])([2H])[2H])c5)ccn4)cc(-c4ccccc4)c3)cccc21.[Pt]. The van der Waals surface area contributed by atoms with Gasteiger partial charge in [-0.15, -0.1) is 23.8 Å². The number of imidazole rings is 1. The van der Waals surface area contributed by atoms with Crippen molar-refractivity contribution >= 4 is 11.0 Å². The molecule has 0 saturated heterocycles. The van der Waals surface area contributed by atoms with E-state index in [0.717, 1.165) is 4.57 Å². The van der Waals surface area contributed by atoms with Crippen LogP contribution in [0.1, 0.15) is 125 Å². The van der Waals surface area contributed by atoms with E-state index in [1.165, 1.54) is 60.8 Å². The summed E-state index contributed by atoms with van der Waals surface area (Å²) in [7, 11) is 0. The van der Waals surface area contributed by atoms with Crippen molar-refractivity contribution in [1.82, 2.24) is 14.5 Å². The minimum absolute atomic E-state index is 0. The van der Waals surface area contributed by atoms with Gasteiger partial charge in [-0.05, 0) is 115 Å². The van der Waals surface area contributed by atoms with E-state index in [9.17, 15) is 5.11 Å². The molecule has 10 aromatic rings. The zero-order valence-corrected chi connectivity index (χ0v) is 40.3. The van der Waals surface area contributed by atoms with Crippen molar-refractivity contribution in [2.75, 3.05) is 0 Å². The maximum Gasteiger partial charge on any atom is 0.148 e. The molecule has 1 N–H and O–H groups in total. The Balaban J connectivity index is 0.0000121. The van der Waals surface area contributed by atoms with Crippen LogP contribution >= 0.6 is 0 Å². The van der Waals surface area contributed by atoms with Gasteiger partial charge in [-0.1, -0.05) is 212 Å². The molecule has 10 rings (SSSR count). The van der Waals surface area contributed by atoms with Crippen LogP contribution in [-0.4, -0.2) is 19.6 Å². The van der Waals surface area contributed by atoms with Crippen molar-refractivity contribution in [2.45, 2.75) is 84.8 Å². The Morgan fingerprint density at radius 2 is 1.06 bits per heavy atom. The number of pyridine rings is 1. The number of phenolic OH excluding ortho intramolecular Hbond substituents is 1. The van der Waals surface area contributed by atoms with E-state index in [1.807, 2.05) is 0 Å². The Morgan fingerprint density at radius 3 is 1.68 bits per heavy atom. The quantitative estimate of drug-likeness (QED) is 0.154. The maximum atomic E-state index is 13.1. The standard InChI is InChI=1S/C67H62N3O.Pt/c1-43-33-47(44-21-14-11-15-22-44)29-30-60(43)70-61-28-20-27-56(62(61)69-64(70)57-41-55(66(5,6)7)42-58(63(57)71)67(8,9)10)52-35-49(45-23-16-12-17-24-45)36-53(37-52)59-40-48(31-32-68-59)51-34-50(46-25-18-13-19-26-46)38-54(39-51)65(2,3)4;/h11-36,38-42,71H,1-10H3;/q-1;/i1D3,2D3,3D3,4D3,5D3,6D3,7D3,8D3,9D3,10D3;. The van der Waals surface area contributed by atoms with E-state index >= 15 is 0 Å². The van der Waals surface area contributed by atoms with Crippen LogP contribution in [0, 0.1) is 12.9 Å². The Labute approximate surface area is 483 Å². The summed E-state index contributed by atoms with van der Waals surface area (Å²) in [5.41, 5.74) is -14.0. The number of rotatable bonds is 8. The first kappa shape index (κ1) is 25.0. The van der Waals surface area contributed by atoms with E-state index in [-0.39, 0.29) is 82.9 Å². The molecule has 4 nitrogen and oxygen atoms in total. The first-order valence-electron chi connectivity index (χ1n) is 37.3. The zero-order chi connectivity index (χ0) is 74.8. The molecule has 2 aromatic heterocycles. The van der Waals surface area contributed by atoms with Crippen LogP contribution in [0.2, 0.25) is 0 Å². The molecule has 72 heavy (non-hydrogen) atoms. The molecular formula is C67H62N3OPt-. The summed E-state index contributed by atoms with van der Waals surface area (Å²) in [4.78, 5) is 9.73. The van der Waals surface area contributed by atoms with Gasteiger partial charge in [0, 0.05) is 79.6 Å². The Bertz CT molecular complexity index is 4640. The number of hydrogen-bond donors (Lipinski definition) is 1. The fourth-order valence-corrected chi connectivity index (χ4v) is 8.81. The topological polar surface area (TPSA) is 50.9 Å². The van der Waals surface area contributed by atoms with Gasteiger partial charge in [0.05, 0.1) is 22.3 Å². The number of benzene rings is 8. The van der Waals surface area contributed by atoms with Gasteiger partial charge in [-0.2, -0.15) is 0 Å². The van der Waals surface area contributed by atoms with Gasteiger partial charge >= 0.3 is 0 Å². The van der Waals surface area contributed by atoms with Crippen molar-refractivity contribution in [2.24, 2.45) is 0 Å². The van der Waals surface area contributed by atoms with Crippen LogP contribution in [0.25, 0.3) is 95.0 Å². The third kappa shape index (κ3) is 9.90. The summed E-state index contributed by atoms with van der Waals surface area (Å²) in [5.74, 6) is -2.36. The Morgan fingerprint density at radius 1 is 0.486 bits per heavy atom. The molecule has 0 aliphatic carbocycles. The molecule has 0 radical (unpaired) electrons. The molecule has 362 valence electrons. The molecule has 5 heteroatoms. The molecule has 0 spiro atoms. The summed E-state index contributed by atoms with van der Waals surface area (Å²) in [6, 6.07) is 48.8. The monoisotopic (exact) mass is 1150 g/mol. The van der Waals surface area contributed by atoms with Gasteiger partial charge in [-0.25, -0.2) is 4.98 Å². The predicted octanol–water partition coefficient (Wildman–Crippen LogP) is 17.8. The van der Waals surface area contributed by atoms with Crippen molar-refractivity contribution in [1.29, 1.82) is 0 Å².